The molecule has 0 heterocycles. The number of hydrogen-bond acceptors (Lipinski definition) is 8. The van der Waals surface area contributed by atoms with Crippen LogP contribution in [0, 0.1) is 29.1 Å². The standard InChI is InChI=1S/C32H54O10S2/c1-6-31(43(35,36)37,29(34)26-9-7-8-10-26)41-22-20-25-13-11-24(12-14-25)19-21-32(23(2)33,44(38,39)40)42-28-17-15-27(16-18-28)30(3,4)5/h20,22,24-28H,6-19,21H2,1-5H3,(H,35,36,37)(H,38,39,40)/b22-20+. The van der Waals surface area contributed by atoms with E-state index in [0.29, 0.717) is 50.9 Å². The maximum Gasteiger partial charge on any atom is 0.313 e. The summed E-state index contributed by atoms with van der Waals surface area (Å²) < 4.78 is 81.8. The number of rotatable bonds is 14. The second-order valence-electron chi connectivity index (χ2n) is 14.4. The zero-order valence-corrected chi connectivity index (χ0v) is 28.8. The Labute approximate surface area is 264 Å². The van der Waals surface area contributed by atoms with Crippen molar-refractivity contribution in [2.24, 2.45) is 29.1 Å². The Morgan fingerprint density at radius 3 is 1.82 bits per heavy atom. The molecule has 2 atom stereocenters. The number of Topliss-reactive ketones (excluding diaryl/α,β-unsaturated/α-hetero) is 2. The Balaban J connectivity index is 1.60. The predicted molar refractivity (Wildman–Crippen MR) is 168 cm³/mol. The van der Waals surface area contributed by atoms with Crippen LogP contribution >= 0.6 is 0 Å². The first-order chi connectivity index (χ1) is 20.4. The van der Waals surface area contributed by atoms with Crippen molar-refractivity contribution in [2.45, 2.75) is 147 Å². The number of allylic oxidation sites excluding steroid dienone is 1. The monoisotopic (exact) mass is 662 g/mol. The molecular formula is C32H54O10S2. The zero-order chi connectivity index (χ0) is 33.0. The molecule has 10 nitrogen and oxygen atoms in total. The lowest BCUT2D eigenvalue weighted by Crippen LogP contribution is -2.51. The first-order valence-corrected chi connectivity index (χ1v) is 19.3. The summed E-state index contributed by atoms with van der Waals surface area (Å²) in [5, 5.41) is 0. The summed E-state index contributed by atoms with van der Waals surface area (Å²) in [4.78, 5) is 21.3. The average Bonchev–Trinajstić information content (AvgIpc) is 3.47. The SMILES string of the molecule is CCC(O/C=C/C1CCC(CCC(OC2CCC(C(C)(C)C)CC2)(C(C)=O)S(=O)(=O)O)CC1)(C(=O)C1CCCC1)S(=O)(=O)O. The van der Waals surface area contributed by atoms with Crippen molar-refractivity contribution < 1.29 is 45.0 Å². The molecule has 0 bridgehead atoms. The molecule has 0 aromatic heterocycles. The first-order valence-electron chi connectivity index (χ1n) is 16.4. The third-order valence-corrected chi connectivity index (χ3v) is 13.4. The molecule has 3 rings (SSSR count). The van der Waals surface area contributed by atoms with E-state index in [-0.39, 0.29) is 30.1 Å². The van der Waals surface area contributed by atoms with E-state index in [9.17, 15) is 35.5 Å². The molecule has 2 N–H and O–H groups in total. The van der Waals surface area contributed by atoms with Crippen LogP contribution in [0.1, 0.15) is 131 Å². The van der Waals surface area contributed by atoms with Crippen molar-refractivity contribution in [2.75, 3.05) is 0 Å². The van der Waals surface area contributed by atoms with Gasteiger partial charge in [-0.1, -0.05) is 40.5 Å². The van der Waals surface area contributed by atoms with Crippen LogP contribution in [0.2, 0.25) is 0 Å². The minimum Gasteiger partial charge on any atom is -0.469 e. The molecule has 3 saturated carbocycles. The van der Waals surface area contributed by atoms with Crippen molar-refractivity contribution in [3.8, 4) is 0 Å². The average molecular weight is 663 g/mol. The van der Waals surface area contributed by atoms with Crippen LogP contribution in [-0.4, -0.2) is 53.5 Å². The van der Waals surface area contributed by atoms with E-state index in [1.54, 1.807) is 6.08 Å². The minimum atomic E-state index is -4.83. The molecule has 2 unspecified atom stereocenters. The second-order valence-corrected chi connectivity index (χ2v) is 17.7. The molecule has 0 radical (unpaired) electrons. The normalized spacial score (nSPS) is 28.8. The van der Waals surface area contributed by atoms with Gasteiger partial charge in [0.2, 0.25) is 0 Å². The quantitative estimate of drug-likeness (QED) is 0.152. The Morgan fingerprint density at radius 2 is 1.36 bits per heavy atom. The molecule has 3 aliphatic carbocycles. The second kappa shape index (κ2) is 14.6. The molecule has 3 aliphatic rings. The van der Waals surface area contributed by atoms with Crippen LogP contribution in [0.3, 0.4) is 0 Å². The van der Waals surface area contributed by atoms with Crippen molar-refractivity contribution in [1.29, 1.82) is 0 Å². The number of ether oxygens (including phenoxy) is 2. The molecule has 44 heavy (non-hydrogen) atoms. The van der Waals surface area contributed by atoms with Gasteiger partial charge >= 0.3 is 20.2 Å². The van der Waals surface area contributed by atoms with Gasteiger partial charge in [-0.3, -0.25) is 18.7 Å². The molecular weight excluding hydrogens is 608 g/mol. The summed E-state index contributed by atoms with van der Waals surface area (Å²) >= 11 is 0. The van der Waals surface area contributed by atoms with Crippen LogP contribution in [0.15, 0.2) is 12.3 Å². The fourth-order valence-corrected chi connectivity index (χ4v) is 9.47. The van der Waals surface area contributed by atoms with Gasteiger partial charge < -0.3 is 9.47 Å². The lowest BCUT2D eigenvalue weighted by Gasteiger charge is -2.40. The van der Waals surface area contributed by atoms with Gasteiger partial charge in [0, 0.05) is 18.8 Å². The fourth-order valence-electron chi connectivity index (χ4n) is 7.51. The van der Waals surface area contributed by atoms with E-state index in [4.69, 9.17) is 9.47 Å². The Kier molecular flexibility index (Phi) is 12.3. The molecule has 3 fully saturated rings. The van der Waals surface area contributed by atoms with E-state index in [0.717, 1.165) is 45.4 Å². The van der Waals surface area contributed by atoms with E-state index < -0.39 is 53.7 Å². The molecule has 0 amide bonds. The van der Waals surface area contributed by atoms with Gasteiger partial charge in [-0.2, -0.15) is 16.8 Å². The predicted octanol–water partition coefficient (Wildman–Crippen LogP) is 6.65. The molecule has 254 valence electrons. The van der Waals surface area contributed by atoms with Crippen molar-refractivity contribution in [1.82, 2.24) is 0 Å². The highest BCUT2D eigenvalue weighted by Crippen LogP contribution is 2.42. The van der Waals surface area contributed by atoms with Crippen molar-refractivity contribution in [3.63, 3.8) is 0 Å². The summed E-state index contributed by atoms with van der Waals surface area (Å²) in [5.41, 5.74) is 0.133. The maximum absolute atomic E-state index is 13.1. The van der Waals surface area contributed by atoms with Crippen LogP contribution < -0.4 is 0 Å². The summed E-state index contributed by atoms with van der Waals surface area (Å²) in [6.45, 7) is 9.23. The van der Waals surface area contributed by atoms with Gasteiger partial charge in [-0.05, 0) is 107 Å². The van der Waals surface area contributed by atoms with E-state index in [1.807, 2.05) is 0 Å². The van der Waals surface area contributed by atoms with E-state index in [1.165, 1.54) is 13.2 Å². The number of carbonyl (C=O) groups excluding carboxylic acids is 2. The largest absolute Gasteiger partial charge is 0.469 e. The lowest BCUT2D eigenvalue weighted by molar-refractivity contribution is -0.143. The Hall–Kier alpha value is -1.34. The molecule has 12 heteroatoms. The Morgan fingerprint density at radius 1 is 0.818 bits per heavy atom. The summed E-state index contributed by atoms with van der Waals surface area (Å²) in [7, 11) is -9.65. The van der Waals surface area contributed by atoms with Gasteiger partial charge in [0.1, 0.15) is 0 Å². The minimum absolute atomic E-state index is 0.0391. The zero-order valence-electron chi connectivity index (χ0n) is 27.1. The van der Waals surface area contributed by atoms with Crippen LogP contribution in [0.4, 0.5) is 0 Å². The number of carbonyl (C=O) groups is 2. The lowest BCUT2D eigenvalue weighted by atomic mass is 9.72. The van der Waals surface area contributed by atoms with E-state index in [2.05, 4.69) is 20.8 Å². The topological polar surface area (TPSA) is 161 Å². The molecule has 0 aromatic rings. The van der Waals surface area contributed by atoms with Gasteiger partial charge in [0.25, 0.3) is 9.87 Å². The number of hydrogen-bond donors (Lipinski definition) is 2. The smallest absolute Gasteiger partial charge is 0.313 e. The Bertz CT molecular complexity index is 1230. The highest BCUT2D eigenvalue weighted by atomic mass is 32.2. The summed E-state index contributed by atoms with van der Waals surface area (Å²) in [6, 6.07) is 0. The summed E-state index contributed by atoms with van der Waals surface area (Å²) in [6.07, 6.45) is 11.3. The fraction of sp³-hybridized carbons (Fsp3) is 0.875. The third kappa shape index (κ3) is 8.52. The van der Waals surface area contributed by atoms with Gasteiger partial charge in [-0.25, -0.2) is 0 Å². The van der Waals surface area contributed by atoms with E-state index >= 15 is 0 Å². The van der Waals surface area contributed by atoms with Crippen molar-refractivity contribution >= 4 is 31.8 Å². The van der Waals surface area contributed by atoms with Gasteiger partial charge in [-0.15, -0.1) is 0 Å². The third-order valence-electron chi connectivity index (χ3n) is 10.6. The molecule has 0 spiro atoms. The number of ketones is 2. The van der Waals surface area contributed by atoms with Crippen molar-refractivity contribution in [3.05, 3.63) is 12.3 Å². The van der Waals surface area contributed by atoms with Crippen LogP contribution in [0.5, 0.6) is 0 Å². The first kappa shape index (κ1) is 37.1. The summed E-state index contributed by atoms with van der Waals surface area (Å²) in [5.74, 6) is -1.13. The van der Waals surface area contributed by atoms with Gasteiger partial charge in [0.15, 0.2) is 11.6 Å². The highest BCUT2D eigenvalue weighted by Gasteiger charge is 2.53. The molecule has 0 aliphatic heterocycles. The van der Waals surface area contributed by atoms with Crippen LogP contribution in [0.25, 0.3) is 0 Å². The molecule has 0 aromatic carbocycles. The van der Waals surface area contributed by atoms with Gasteiger partial charge in [0.05, 0.1) is 12.4 Å². The highest BCUT2D eigenvalue weighted by molar-refractivity contribution is 7.88. The van der Waals surface area contributed by atoms with Crippen LogP contribution in [-0.2, 0) is 39.3 Å². The maximum atomic E-state index is 13.1. The molecule has 0 saturated heterocycles.